The zero-order valence-corrected chi connectivity index (χ0v) is 18.0. The fourth-order valence-corrected chi connectivity index (χ4v) is 5.54. The molecule has 3 heterocycles. The first kappa shape index (κ1) is 20.6. The Morgan fingerprint density at radius 2 is 2.03 bits per heavy atom. The number of carbonyl (C=O) groups is 3. The van der Waals surface area contributed by atoms with Gasteiger partial charge in [-0.1, -0.05) is 30.3 Å². The van der Waals surface area contributed by atoms with Crippen LogP contribution in [0.3, 0.4) is 0 Å². The standard InChI is InChI=1S/C23H27N3O3S/c1-25-14-17(12-20(25)27)21(28)26-10-5-9-23(15-26,22(24)29)13-16-6-2-3-7-18(16)19-8-4-11-30-19/h2-4,6-8,11,17H,5,9-10,12-15H2,1H3,(H2,24,29)/t17-,23+/m0/s1. The van der Waals surface area contributed by atoms with E-state index in [1.54, 1.807) is 28.2 Å². The molecule has 6 nitrogen and oxygen atoms in total. The Kier molecular flexibility index (Phi) is 5.64. The van der Waals surface area contributed by atoms with E-state index in [2.05, 4.69) is 12.1 Å². The molecule has 2 saturated heterocycles. The maximum absolute atomic E-state index is 13.1. The monoisotopic (exact) mass is 425 g/mol. The number of amides is 3. The summed E-state index contributed by atoms with van der Waals surface area (Å²) in [6.45, 7) is 1.36. The molecule has 7 heteroatoms. The molecule has 2 aliphatic rings. The lowest BCUT2D eigenvalue weighted by atomic mass is 9.73. The second-order valence-corrected chi connectivity index (χ2v) is 9.44. The van der Waals surface area contributed by atoms with Crippen LogP contribution in [0.2, 0.25) is 0 Å². The van der Waals surface area contributed by atoms with Crippen molar-refractivity contribution in [3.63, 3.8) is 0 Å². The third-order valence-electron chi connectivity index (χ3n) is 6.43. The van der Waals surface area contributed by atoms with Gasteiger partial charge in [0.2, 0.25) is 17.7 Å². The summed E-state index contributed by atoms with van der Waals surface area (Å²) in [6.07, 6.45) is 2.14. The smallest absolute Gasteiger partial charge is 0.228 e. The fraction of sp³-hybridized carbons (Fsp3) is 0.435. The first-order chi connectivity index (χ1) is 14.4. The van der Waals surface area contributed by atoms with Crippen molar-refractivity contribution in [3.05, 3.63) is 47.3 Å². The van der Waals surface area contributed by atoms with Gasteiger partial charge in [0, 0.05) is 38.0 Å². The molecule has 2 atom stereocenters. The fourth-order valence-electron chi connectivity index (χ4n) is 4.75. The molecule has 0 saturated carbocycles. The number of nitrogens with two attached hydrogens (primary N) is 1. The van der Waals surface area contributed by atoms with Crippen molar-refractivity contribution in [1.29, 1.82) is 0 Å². The van der Waals surface area contributed by atoms with Crippen LogP contribution in [0.15, 0.2) is 41.8 Å². The first-order valence-corrected chi connectivity index (χ1v) is 11.2. The van der Waals surface area contributed by atoms with Crippen LogP contribution in [-0.2, 0) is 20.8 Å². The van der Waals surface area contributed by atoms with Crippen molar-refractivity contribution in [2.24, 2.45) is 17.1 Å². The maximum atomic E-state index is 13.1. The summed E-state index contributed by atoms with van der Waals surface area (Å²) < 4.78 is 0. The van der Waals surface area contributed by atoms with Gasteiger partial charge in [0.05, 0.1) is 11.3 Å². The lowest BCUT2D eigenvalue weighted by Crippen LogP contribution is -2.54. The van der Waals surface area contributed by atoms with E-state index in [0.29, 0.717) is 32.5 Å². The summed E-state index contributed by atoms with van der Waals surface area (Å²) in [7, 11) is 1.72. The molecule has 1 aromatic heterocycles. The number of likely N-dealkylation sites (tertiary alicyclic amines) is 2. The van der Waals surface area contributed by atoms with Crippen LogP contribution in [-0.4, -0.2) is 54.2 Å². The van der Waals surface area contributed by atoms with Crippen molar-refractivity contribution < 1.29 is 14.4 Å². The van der Waals surface area contributed by atoms with E-state index in [1.807, 2.05) is 29.6 Å². The Hall–Kier alpha value is -2.67. The van der Waals surface area contributed by atoms with Gasteiger partial charge in [-0.15, -0.1) is 11.3 Å². The molecular formula is C23H27N3O3S. The number of thiophene rings is 1. The van der Waals surface area contributed by atoms with E-state index in [-0.39, 0.29) is 30.1 Å². The van der Waals surface area contributed by atoms with Crippen LogP contribution in [0.4, 0.5) is 0 Å². The molecule has 30 heavy (non-hydrogen) atoms. The van der Waals surface area contributed by atoms with Crippen LogP contribution >= 0.6 is 11.3 Å². The SMILES string of the molecule is CN1C[C@@H](C(=O)N2CCC[C@](Cc3ccccc3-c3cccs3)(C(N)=O)C2)CC1=O. The lowest BCUT2D eigenvalue weighted by molar-refractivity contribution is -0.143. The van der Waals surface area contributed by atoms with E-state index < -0.39 is 5.41 Å². The highest BCUT2D eigenvalue weighted by Crippen LogP contribution is 2.38. The summed E-state index contributed by atoms with van der Waals surface area (Å²) in [5.74, 6) is -0.730. The Bertz CT molecular complexity index is 958. The molecule has 3 amide bonds. The van der Waals surface area contributed by atoms with Gasteiger partial charge in [0.25, 0.3) is 0 Å². The van der Waals surface area contributed by atoms with Gasteiger partial charge in [-0.05, 0) is 41.8 Å². The number of carbonyl (C=O) groups excluding carboxylic acids is 3. The topological polar surface area (TPSA) is 83.7 Å². The highest BCUT2D eigenvalue weighted by Gasteiger charge is 2.44. The first-order valence-electron chi connectivity index (χ1n) is 10.3. The third kappa shape index (κ3) is 3.86. The predicted molar refractivity (Wildman–Crippen MR) is 117 cm³/mol. The Morgan fingerprint density at radius 1 is 1.23 bits per heavy atom. The number of hydrogen-bond donors (Lipinski definition) is 1. The normalized spacial score (nSPS) is 24.3. The molecule has 1 aromatic carbocycles. The number of piperidine rings is 1. The highest BCUT2D eigenvalue weighted by molar-refractivity contribution is 7.13. The molecule has 2 aliphatic heterocycles. The van der Waals surface area contributed by atoms with Gasteiger partial charge in [0.15, 0.2) is 0 Å². The molecule has 0 spiro atoms. The number of hydrogen-bond acceptors (Lipinski definition) is 4. The molecule has 0 aliphatic carbocycles. The van der Waals surface area contributed by atoms with Gasteiger partial charge in [0.1, 0.15) is 0 Å². The highest BCUT2D eigenvalue weighted by atomic mass is 32.1. The van der Waals surface area contributed by atoms with Crippen molar-refractivity contribution in [2.45, 2.75) is 25.7 Å². The van der Waals surface area contributed by atoms with Crippen molar-refractivity contribution >= 4 is 29.1 Å². The number of benzene rings is 1. The average molecular weight is 426 g/mol. The van der Waals surface area contributed by atoms with Crippen molar-refractivity contribution in [2.75, 3.05) is 26.7 Å². The summed E-state index contributed by atoms with van der Waals surface area (Å²) in [5, 5.41) is 2.04. The van der Waals surface area contributed by atoms with E-state index in [1.165, 1.54) is 0 Å². The minimum atomic E-state index is -0.796. The zero-order valence-electron chi connectivity index (χ0n) is 17.2. The van der Waals surface area contributed by atoms with E-state index >= 15 is 0 Å². The summed E-state index contributed by atoms with van der Waals surface area (Å²) in [6, 6.07) is 12.2. The summed E-state index contributed by atoms with van der Waals surface area (Å²) >= 11 is 1.66. The van der Waals surface area contributed by atoms with Gasteiger partial charge in [-0.2, -0.15) is 0 Å². The van der Waals surface area contributed by atoms with Gasteiger partial charge in [-0.25, -0.2) is 0 Å². The van der Waals surface area contributed by atoms with Crippen LogP contribution in [0.1, 0.15) is 24.8 Å². The average Bonchev–Trinajstić information content (AvgIpc) is 3.38. The van der Waals surface area contributed by atoms with E-state index in [0.717, 1.165) is 22.4 Å². The summed E-state index contributed by atoms with van der Waals surface area (Å²) in [4.78, 5) is 42.2. The zero-order chi connectivity index (χ0) is 21.3. The molecule has 0 bridgehead atoms. The molecule has 2 aromatic rings. The lowest BCUT2D eigenvalue weighted by Gasteiger charge is -2.42. The van der Waals surface area contributed by atoms with Crippen LogP contribution in [0, 0.1) is 11.3 Å². The molecular weight excluding hydrogens is 398 g/mol. The second kappa shape index (κ2) is 8.22. The summed E-state index contributed by atoms with van der Waals surface area (Å²) in [5.41, 5.74) is 7.33. The second-order valence-electron chi connectivity index (χ2n) is 8.49. The number of rotatable bonds is 5. The molecule has 2 fully saturated rings. The van der Waals surface area contributed by atoms with E-state index in [4.69, 9.17) is 5.73 Å². The Morgan fingerprint density at radius 3 is 2.70 bits per heavy atom. The third-order valence-corrected chi connectivity index (χ3v) is 7.34. The minimum Gasteiger partial charge on any atom is -0.369 e. The Labute approximate surface area is 180 Å². The predicted octanol–water partition coefficient (Wildman–Crippen LogP) is 2.53. The van der Waals surface area contributed by atoms with Crippen molar-refractivity contribution in [3.8, 4) is 10.4 Å². The van der Waals surface area contributed by atoms with Crippen LogP contribution in [0.25, 0.3) is 10.4 Å². The molecule has 0 radical (unpaired) electrons. The maximum Gasteiger partial charge on any atom is 0.228 e. The van der Waals surface area contributed by atoms with Crippen molar-refractivity contribution in [1.82, 2.24) is 9.80 Å². The van der Waals surface area contributed by atoms with Gasteiger partial charge >= 0.3 is 0 Å². The number of nitrogens with zero attached hydrogens (tertiary/aromatic N) is 2. The Balaban J connectivity index is 1.59. The molecule has 2 N–H and O–H groups in total. The minimum absolute atomic E-state index is 0.00333. The van der Waals surface area contributed by atoms with E-state index in [9.17, 15) is 14.4 Å². The largest absolute Gasteiger partial charge is 0.369 e. The molecule has 4 rings (SSSR count). The quantitative estimate of drug-likeness (QED) is 0.799. The van der Waals surface area contributed by atoms with Crippen LogP contribution in [0.5, 0.6) is 0 Å². The number of primary amides is 1. The van der Waals surface area contributed by atoms with Gasteiger partial charge in [-0.3, -0.25) is 14.4 Å². The molecule has 158 valence electrons. The van der Waals surface area contributed by atoms with Crippen LogP contribution < -0.4 is 5.73 Å². The molecule has 0 unspecified atom stereocenters. The van der Waals surface area contributed by atoms with Gasteiger partial charge < -0.3 is 15.5 Å².